The van der Waals surface area contributed by atoms with Crippen molar-refractivity contribution in [3.8, 4) is 0 Å². The molecule has 0 amide bonds. The van der Waals surface area contributed by atoms with Crippen molar-refractivity contribution in [2.24, 2.45) is 0 Å². The lowest BCUT2D eigenvalue weighted by Gasteiger charge is -2.22. The second-order valence-corrected chi connectivity index (χ2v) is 7.16. The minimum absolute atomic E-state index is 0.0475. The summed E-state index contributed by atoms with van der Waals surface area (Å²) in [5.74, 6) is -0.601. The average molecular weight is 316 g/mol. The molecule has 0 aromatic heterocycles. The molecule has 3 N–H and O–H groups in total. The molecule has 1 aromatic rings. The third-order valence-electron chi connectivity index (χ3n) is 3.84. The first-order chi connectivity index (χ1) is 9.74. The van der Waals surface area contributed by atoms with Gasteiger partial charge in [-0.25, -0.2) is 17.5 Å². The van der Waals surface area contributed by atoms with Crippen molar-refractivity contribution in [3.63, 3.8) is 0 Å². The first-order valence-electron chi connectivity index (χ1n) is 6.93. The van der Waals surface area contributed by atoms with Crippen LogP contribution in [0.3, 0.4) is 0 Å². The number of sulfonamides is 1. The Morgan fingerprint density at radius 3 is 2.71 bits per heavy atom. The summed E-state index contributed by atoms with van der Waals surface area (Å²) in [7, 11) is -3.77. The molecule has 1 aliphatic heterocycles. The molecular weight excluding hydrogens is 295 g/mol. The van der Waals surface area contributed by atoms with Crippen LogP contribution in [0.15, 0.2) is 11.0 Å². The molecule has 0 bridgehead atoms. The second kappa shape index (κ2) is 5.90. The number of anilines is 1. The van der Waals surface area contributed by atoms with Crippen molar-refractivity contribution < 1.29 is 17.5 Å². The monoisotopic (exact) mass is 316 g/mol. The van der Waals surface area contributed by atoms with Gasteiger partial charge in [-0.3, -0.25) is 0 Å². The Hall–Kier alpha value is -1.18. The summed E-state index contributed by atoms with van der Waals surface area (Å²) in [6.07, 6.45) is 1.63. The molecule has 7 heteroatoms. The molecule has 1 fully saturated rings. The topological polar surface area (TPSA) is 81.4 Å². The minimum Gasteiger partial charge on any atom is -0.396 e. The maximum atomic E-state index is 13.6. The summed E-state index contributed by atoms with van der Waals surface area (Å²) in [4.78, 5) is 0.0475. The maximum Gasteiger partial charge on any atom is 0.241 e. The number of nitrogens with one attached hydrogen (secondary N) is 1. The Balaban J connectivity index is 2.33. The number of nitrogens with two attached hydrogens (primary N) is 1. The minimum atomic E-state index is -3.77. The molecule has 2 rings (SSSR count). The van der Waals surface area contributed by atoms with Crippen LogP contribution in [-0.4, -0.2) is 27.2 Å². The fraction of sp³-hybridized carbons (Fsp3) is 0.571. The van der Waals surface area contributed by atoms with Gasteiger partial charge in [0.2, 0.25) is 10.0 Å². The van der Waals surface area contributed by atoms with Gasteiger partial charge in [-0.05, 0) is 50.8 Å². The van der Waals surface area contributed by atoms with Gasteiger partial charge in [0.05, 0.1) is 16.7 Å². The highest BCUT2D eigenvalue weighted by atomic mass is 32.2. The smallest absolute Gasteiger partial charge is 0.241 e. The SMILES string of the molecule is Cc1cc(F)c(N)c(C)c1S(=O)(=O)NC(C)C1CCCO1. The standard InChI is InChI=1S/C14H21FN2O3S/c1-8-7-11(15)13(16)9(2)14(8)21(18,19)17-10(3)12-5-4-6-20-12/h7,10,12,17H,4-6,16H2,1-3H3. The van der Waals surface area contributed by atoms with Crippen LogP contribution in [0.2, 0.25) is 0 Å². The zero-order valence-electron chi connectivity index (χ0n) is 12.4. The van der Waals surface area contributed by atoms with E-state index in [1.54, 1.807) is 13.8 Å². The number of nitrogen functional groups attached to an aromatic ring is 1. The van der Waals surface area contributed by atoms with E-state index in [0.717, 1.165) is 18.9 Å². The molecule has 21 heavy (non-hydrogen) atoms. The number of halogens is 1. The molecule has 118 valence electrons. The van der Waals surface area contributed by atoms with Crippen LogP contribution < -0.4 is 10.5 Å². The van der Waals surface area contributed by atoms with Crippen molar-refractivity contribution in [2.45, 2.75) is 50.7 Å². The average Bonchev–Trinajstić information content (AvgIpc) is 2.89. The van der Waals surface area contributed by atoms with Crippen molar-refractivity contribution in [2.75, 3.05) is 12.3 Å². The van der Waals surface area contributed by atoms with E-state index in [0.29, 0.717) is 12.2 Å². The first-order valence-corrected chi connectivity index (χ1v) is 8.41. The lowest BCUT2D eigenvalue weighted by molar-refractivity contribution is 0.0902. The number of rotatable bonds is 4. The van der Waals surface area contributed by atoms with E-state index in [2.05, 4.69) is 4.72 Å². The predicted molar refractivity (Wildman–Crippen MR) is 79.0 cm³/mol. The van der Waals surface area contributed by atoms with Gasteiger partial charge in [0.1, 0.15) is 5.82 Å². The Labute approximate surface area is 124 Å². The van der Waals surface area contributed by atoms with Gasteiger partial charge >= 0.3 is 0 Å². The largest absolute Gasteiger partial charge is 0.396 e. The van der Waals surface area contributed by atoms with Crippen LogP contribution in [0.4, 0.5) is 10.1 Å². The van der Waals surface area contributed by atoms with Gasteiger partial charge in [0.15, 0.2) is 0 Å². The highest BCUT2D eigenvalue weighted by Crippen LogP contribution is 2.28. The molecule has 0 spiro atoms. The van der Waals surface area contributed by atoms with Gasteiger partial charge in [-0.2, -0.15) is 0 Å². The number of benzene rings is 1. The van der Waals surface area contributed by atoms with Crippen LogP contribution in [0, 0.1) is 19.7 Å². The molecule has 2 unspecified atom stereocenters. The van der Waals surface area contributed by atoms with E-state index in [-0.39, 0.29) is 28.3 Å². The molecule has 1 heterocycles. The van der Waals surface area contributed by atoms with Gasteiger partial charge in [-0.1, -0.05) is 0 Å². The Morgan fingerprint density at radius 2 is 2.14 bits per heavy atom. The Kier molecular flexibility index (Phi) is 4.55. The predicted octanol–water partition coefficient (Wildman–Crippen LogP) is 1.87. The molecule has 0 radical (unpaired) electrons. The zero-order chi connectivity index (χ0) is 15.8. The summed E-state index contributed by atoms with van der Waals surface area (Å²) in [5.41, 5.74) is 6.05. The third-order valence-corrected chi connectivity index (χ3v) is 5.68. The van der Waals surface area contributed by atoms with Crippen molar-refractivity contribution in [3.05, 3.63) is 23.0 Å². The summed E-state index contributed by atoms with van der Waals surface area (Å²) < 4.78 is 46.8. The van der Waals surface area contributed by atoms with Gasteiger partial charge in [0.25, 0.3) is 0 Å². The van der Waals surface area contributed by atoms with E-state index in [9.17, 15) is 12.8 Å². The van der Waals surface area contributed by atoms with E-state index >= 15 is 0 Å². The van der Waals surface area contributed by atoms with E-state index in [1.807, 2.05) is 0 Å². The van der Waals surface area contributed by atoms with Gasteiger partial charge in [-0.15, -0.1) is 0 Å². The quantitative estimate of drug-likeness (QED) is 0.831. The lowest BCUT2D eigenvalue weighted by Crippen LogP contribution is -2.41. The molecule has 1 aliphatic rings. The van der Waals surface area contributed by atoms with Gasteiger partial charge in [0, 0.05) is 12.6 Å². The van der Waals surface area contributed by atoms with E-state index < -0.39 is 15.8 Å². The summed E-state index contributed by atoms with van der Waals surface area (Å²) in [6.45, 7) is 5.49. The number of aryl methyl sites for hydroxylation is 1. The lowest BCUT2D eigenvalue weighted by atomic mass is 10.1. The van der Waals surface area contributed by atoms with Crippen molar-refractivity contribution in [1.82, 2.24) is 4.72 Å². The van der Waals surface area contributed by atoms with Crippen LogP contribution in [0.5, 0.6) is 0 Å². The number of hydrogen-bond donors (Lipinski definition) is 2. The maximum absolute atomic E-state index is 13.6. The molecule has 5 nitrogen and oxygen atoms in total. The van der Waals surface area contributed by atoms with Gasteiger partial charge < -0.3 is 10.5 Å². The molecule has 0 saturated carbocycles. The fourth-order valence-electron chi connectivity index (χ4n) is 2.72. The first kappa shape index (κ1) is 16.2. The Bertz CT molecular complexity index is 640. The molecular formula is C14H21FN2O3S. The highest BCUT2D eigenvalue weighted by Gasteiger charge is 2.29. The number of hydrogen-bond acceptors (Lipinski definition) is 4. The molecule has 0 aliphatic carbocycles. The van der Waals surface area contributed by atoms with E-state index in [4.69, 9.17) is 10.5 Å². The van der Waals surface area contributed by atoms with E-state index in [1.165, 1.54) is 6.92 Å². The Morgan fingerprint density at radius 1 is 1.48 bits per heavy atom. The normalized spacial score (nSPS) is 20.7. The zero-order valence-corrected chi connectivity index (χ0v) is 13.3. The molecule has 1 aromatic carbocycles. The van der Waals surface area contributed by atoms with Crippen molar-refractivity contribution in [1.29, 1.82) is 0 Å². The van der Waals surface area contributed by atoms with Crippen LogP contribution >= 0.6 is 0 Å². The third kappa shape index (κ3) is 3.20. The highest BCUT2D eigenvalue weighted by molar-refractivity contribution is 7.89. The van der Waals surface area contributed by atoms with Crippen LogP contribution in [0.1, 0.15) is 30.9 Å². The van der Waals surface area contributed by atoms with Crippen LogP contribution in [-0.2, 0) is 14.8 Å². The summed E-state index contributed by atoms with van der Waals surface area (Å²) >= 11 is 0. The number of ether oxygens (including phenoxy) is 1. The second-order valence-electron chi connectivity index (χ2n) is 5.50. The van der Waals surface area contributed by atoms with Crippen LogP contribution in [0.25, 0.3) is 0 Å². The fourth-order valence-corrected chi connectivity index (χ4v) is 4.48. The van der Waals surface area contributed by atoms with Crippen molar-refractivity contribution >= 4 is 15.7 Å². The molecule has 1 saturated heterocycles. The summed E-state index contributed by atoms with van der Waals surface area (Å²) in [5, 5.41) is 0. The molecule has 2 atom stereocenters. The summed E-state index contributed by atoms with van der Waals surface area (Å²) in [6, 6.07) is 0.802.